The Morgan fingerprint density at radius 2 is 2.04 bits per heavy atom. The van der Waals surface area contributed by atoms with Crippen molar-refractivity contribution in [1.29, 1.82) is 0 Å². The Morgan fingerprint density at radius 3 is 2.88 bits per heavy atom. The van der Waals surface area contributed by atoms with Gasteiger partial charge in [-0.3, -0.25) is 0 Å². The molecule has 1 atom stereocenters. The molecule has 3 nitrogen and oxygen atoms in total. The number of nitrogens with one attached hydrogen (secondary N) is 1. The van der Waals surface area contributed by atoms with Gasteiger partial charge in [0, 0.05) is 34.3 Å². The standard InChI is InChI=1S/C21H21N3S/c1-3-23-18-9-6-10-19-21(18)16(13-25-19)11-20(23)22-24-12-15-7-4-5-8-17(15)14(24)2/h4-10,13,20,22H,2-3,11-12H2,1H3. The number of hydrogen-bond acceptors (Lipinski definition) is 4. The summed E-state index contributed by atoms with van der Waals surface area (Å²) in [5, 5.41) is 5.98. The van der Waals surface area contributed by atoms with Gasteiger partial charge in [0.25, 0.3) is 0 Å². The zero-order valence-corrected chi connectivity index (χ0v) is 15.1. The molecule has 5 rings (SSSR count). The zero-order valence-electron chi connectivity index (χ0n) is 14.3. The molecule has 1 N–H and O–H groups in total. The molecule has 2 aliphatic rings. The molecule has 0 saturated carbocycles. The third-order valence-electron chi connectivity index (χ3n) is 5.38. The van der Waals surface area contributed by atoms with E-state index in [9.17, 15) is 0 Å². The molecule has 2 aliphatic heterocycles. The fourth-order valence-electron chi connectivity index (χ4n) is 4.17. The van der Waals surface area contributed by atoms with Gasteiger partial charge < -0.3 is 9.91 Å². The summed E-state index contributed by atoms with van der Waals surface area (Å²) in [6.07, 6.45) is 1.27. The monoisotopic (exact) mass is 347 g/mol. The van der Waals surface area contributed by atoms with Gasteiger partial charge in [-0.15, -0.1) is 11.3 Å². The van der Waals surface area contributed by atoms with Crippen molar-refractivity contribution in [2.75, 3.05) is 11.4 Å². The second-order valence-corrected chi connectivity index (χ2v) is 7.65. The molecule has 0 spiro atoms. The second-order valence-electron chi connectivity index (χ2n) is 6.74. The van der Waals surface area contributed by atoms with E-state index in [1.807, 2.05) is 11.3 Å². The van der Waals surface area contributed by atoms with Gasteiger partial charge in [0.15, 0.2) is 0 Å². The van der Waals surface area contributed by atoms with Gasteiger partial charge in [-0.05, 0) is 35.6 Å². The minimum absolute atomic E-state index is 0.253. The van der Waals surface area contributed by atoms with Gasteiger partial charge in [0.1, 0.15) is 6.17 Å². The second kappa shape index (κ2) is 5.61. The van der Waals surface area contributed by atoms with E-state index in [4.69, 9.17) is 0 Å². The van der Waals surface area contributed by atoms with Gasteiger partial charge in [-0.25, -0.2) is 5.43 Å². The van der Waals surface area contributed by atoms with Crippen molar-refractivity contribution in [2.45, 2.75) is 26.1 Å². The van der Waals surface area contributed by atoms with Crippen molar-refractivity contribution in [1.82, 2.24) is 10.4 Å². The van der Waals surface area contributed by atoms with Crippen molar-refractivity contribution in [3.63, 3.8) is 0 Å². The largest absolute Gasteiger partial charge is 0.354 e. The first-order valence-electron chi connectivity index (χ1n) is 8.83. The van der Waals surface area contributed by atoms with Gasteiger partial charge >= 0.3 is 0 Å². The van der Waals surface area contributed by atoms with Crippen molar-refractivity contribution >= 4 is 32.8 Å². The third kappa shape index (κ3) is 2.21. The number of fused-ring (bicyclic) bond motifs is 1. The van der Waals surface area contributed by atoms with E-state index in [0.29, 0.717) is 0 Å². The quantitative estimate of drug-likeness (QED) is 0.747. The minimum atomic E-state index is 0.253. The van der Waals surface area contributed by atoms with E-state index >= 15 is 0 Å². The molecule has 1 aromatic heterocycles. The van der Waals surface area contributed by atoms with Crippen molar-refractivity contribution in [3.8, 4) is 0 Å². The molecule has 3 heterocycles. The van der Waals surface area contributed by atoms with Crippen LogP contribution in [0.3, 0.4) is 0 Å². The Bertz CT molecular complexity index is 974. The normalized spacial score (nSPS) is 18.9. The van der Waals surface area contributed by atoms with Crippen molar-refractivity contribution in [3.05, 3.63) is 71.1 Å². The van der Waals surface area contributed by atoms with E-state index in [-0.39, 0.29) is 6.17 Å². The van der Waals surface area contributed by atoms with Crippen LogP contribution in [0.25, 0.3) is 15.8 Å². The first-order chi connectivity index (χ1) is 12.3. The summed E-state index contributed by atoms with van der Waals surface area (Å²) in [6.45, 7) is 8.41. The summed E-state index contributed by atoms with van der Waals surface area (Å²) in [5.41, 5.74) is 10.2. The molecule has 3 aromatic rings. The summed E-state index contributed by atoms with van der Waals surface area (Å²) < 4.78 is 1.39. The number of rotatable bonds is 3. The molecule has 0 saturated heterocycles. The lowest BCUT2D eigenvalue weighted by Crippen LogP contribution is -2.53. The maximum absolute atomic E-state index is 4.31. The van der Waals surface area contributed by atoms with Crippen LogP contribution in [0.5, 0.6) is 0 Å². The SMILES string of the molecule is C=C1c2ccccc2CN1NC1Cc2csc3cccc(c23)N1CC. The number of hydrazine groups is 1. The smallest absolute Gasteiger partial charge is 0.101 e. The molecule has 2 aromatic carbocycles. The molecule has 0 amide bonds. The van der Waals surface area contributed by atoms with Crippen LogP contribution in [-0.2, 0) is 13.0 Å². The number of anilines is 1. The van der Waals surface area contributed by atoms with E-state index in [1.54, 1.807) is 0 Å². The highest BCUT2D eigenvalue weighted by Gasteiger charge is 2.31. The van der Waals surface area contributed by atoms with Crippen LogP contribution in [0.1, 0.15) is 23.6 Å². The van der Waals surface area contributed by atoms with Crippen LogP contribution in [0.4, 0.5) is 5.69 Å². The summed E-state index contributed by atoms with van der Waals surface area (Å²) in [6, 6.07) is 15.2. The summed E-state index contributed by atoms with van der Waals surface area (Å²) in [7, 11) is 0. The molecule has 1 unspecified atom stereocenters. The summed E-state index contributed by atoms with van der Waals surface area (Å²) in [4.78, 5) is 2.48. The van der Waals surface area contributed by atoms with Crippen LogP contribution in [-0.4, -0.2) is 17.7 Å². The van der Waals surface area contributed by atoms with Gasteiger partial charge in [-0.1, -0.05) is 36.9 Å². The van der Waals surface area contributed by atoms with Crippen LogP contribution in [0, 0.1) is 0 Å². The van der Waals surface area contributed by atoms with Crippen molar-refractivity contribution < 1.29 is 0 Å². The highest BCUT2D eigenvalue weighted by Crippen LogP contribution is 2.40. The maximum Gasteiger partial charge on any atom is 0.101 e. The number of benzene rings is 2. The molecule has 25 heavy (non-hydrogen) atoms. The lowest BCUT2D eigenvalue weighted by molar-refractivity contribution is 0.240. The zero-order chi connectivity index (χ0) is 17.0. The molecule has 0 bridgehead atoms. The Kier molecular flexibility index (Phi) is 3.37. The molecular weight excluding hydrogens is 326 g/mol. The Hall–Kier alpha value is -2.30. The van der Waals surface area contributed by atoms with E-state index in [1.165, 1.54) is 32.5 Å². The predicted octanol–water partition coefficient (Wildman–Crippen LogP) is 4.60. The summed E-state index contributed by atoms with van der Waals surface area (Å²) >= 11 is 1.85. The molecule has 0 fully saturated rings. The van der Waals surface area contributed by atoms with Gasteiger partial charge in [-0.2, -0.15) is 0 Å². The summed E-state index contributed by atoms with van der Waals surface area (Å²) in [5.74, 6) is 0. The maximum atomic E-state index is 4.31. The highest BCUT2D eigenvalue weighted by molar-refractivity contribution is 7.17. The molecule has 126 valence electrons. The fraction of sp³-hybridized carbons (Fsp3) is 0.238. The Morgan fingerprint density at radius 1 is 1.16 bits per heavy atom. The lowest BCUT2D eigenvalue weighted by atomic mass is 10.0. The van der Waals surface area contributed by atoms with Crippen molar-refractivity contribution in [2.24, 2.45) is 0 Å². The average molecular weight is 347 g/mol. The van der Waals surface area contributed by atoms with E-state index in [0.717, 1.165) is 25.2 Å². The first kappa shape index (κ1) is 15.0. The molecule has 0 aliphatic carbocycles. The highest BCUT2D eigenvalue weighted by atomic mass is 32.1. The third-order valence-corrected chi connectivity index (χ3v) is 6.38. The number of nitrogens with zero attached hydrogens (tertiary/aromatic N) is 2. The Labute approximate surface area is 152 Å². The van der Waals surface area contributed by atoms with Gasteiger partial charge in [0.05, 0.1) is 12.2 Å². The van der Waals surface area contributed by atoms with Crippen LogP contribution in [0.2, 0.25) is 0 Å². The van der Waals surface area contributed by atoms with Crippen LogP contribution in [0.15, 0.2) is 54.4 Å². The first-order valence-corrected chi connectivity index (χ1v) is 9.71. The molecular formula is C21H21N3S. The average Bonchev–Trinajstić information content (AvgIpc) is 3.19. The number of likely N-dealkylation sites (N-methyl/N-ethyl adjacent to an activating group) is 1. The Balaban J connectivity index is 1.47. The predicted molar refractivity (Wildman–Crippen MR) is 106 cm³/mol. The van der Waals surface area contributed by atoms with Crippen LogP contribution >= 0.6 is 11.3 Å². The topological polar surface area (TPSA) is 18.5 Å². The van der Waals surface area contributed by atoms with Crippen LogP contribution < -0.4 is 10.3 Å². The molecule has 4 heteroatoms. The van der Waals surface area contributed by atoms with Gasteiger partial charge in [0.2, 0.25) is 0 Å². The minimum Gasteiger partial charge on any atom is -0.354 e. The fourth-order valence-corrected chi connectivity index (χ4v) is 5.16. The van der Waals surface area contributed by atoms with E-state index < -0.39 is 0 Å². The molecule has 0 radical (unpaired) electrons. The number of hydrogen-bond donors (Lipinski definition) is 1. The lowest BCUT2D eigenvalue weighted by Gasteiger charge is -2.40. The number of thiophene rings is 1. The van der Waals surface area contributed by atoms with E-state index in [2.05, 4.69) is 76.7 Å².